The average Bonchev–Trinajstić information content (AvgIpc) is 2.49. The van der Waals surface area contributed by atoms with Crippen LogP contribution in [0, 0.1) is 6.92 Å². The van der Waals surface area contributed by atoms with Gasteiger partial charge in [-0.2, -0.15) is 0 Å². The molecule has 0 saturated heterocycles. The Balaban J connectivity index is 2.04. The van der Waals surface area contributed by atoms with Crippen molar-refractivity contribution in [3.05, 3.63) is 42.5 Å². The van der Waals surface area contributed by atoms with Gasteiger partial charge in [0.15, 0.2) is 0 Å². The van der Waals surface area contributed by atoms with Crippen LogP contribution >= 0.6 is 0 Å². The molecule has 0 atom stereocenters. The number of rotatable bonds is 8. The van der Waals surface area contributed by atoms with Crippen molar-refractivity contribution in [1.29, 1.82) is 0 Å². The molecular weight excluding hydrogens is 274 g/mol. The van der Waals surface area contributed by atoms with Crippen molar-refractivity contribution in [2.45, 2.75) is 6.92 Å². The summed E-state index contributed by atoms with van der Waals surface area (Å²) in [5.41, 5.74) is 1.15. The summed E-state index contributed by atoms with van der Waals surface area (Å²) in [7, 11) is 0. The molecule has 0 spiro atoms. The third kappa shape index (κ3) is 7.61. The van der Waals surface area contributed by atoms with Crippen LogP contribution in [0.25, 0.3) is 0 Å². The van der Waals surface area contributed by atoms with Gasteiger partial charge in [0.1, 0.15) is 25.6 Å². The minimum absolute atomic E-state index is 0.0693. The molecule has 0 radical (unpaired) electrons. The zero-order valence-electron chi connectivity index (χ0n) is 12.0. The van der Waals surface area contributed by atoms with Gasteiger partial charge in [0.2, 0.25) is 0 Å². The summed E-state index contributed by atoms with van der Waals surface area (Å²) in [6.07, 6.45) is 0.470. The van der Waals surface area contributed by atoms with Crippen LogP contribution in [-0.2, 0) is 14.3 Å². The largest absolute Gasteiger partial charge is 0.490 e. The van der Waals surface area contributed by atoms with E-state index in [0.29, 0.717) is 0 Å². The molecule has 21 heavy (non-hydrogen) atoms. The Labute approximate surface area is 123 Å². The lowest BCUT2D eigenvalue weighted by Crippen LogP contribution is -2.29. The van der Waals surface area contributed by atoms with Gasteiger partial charge in [-0.1, -0.05) is 24.3 Å². The number of aryl methyl sites for hydroxylation is 1. The normalized spacial score (nSPS) is 9.57. The van der Waals surface area contributed by atoms with Crippen molar-refractivity contribution in [1.82, 2.24) is 5.32 Å². The summed E-state index contributed by atoms with van der Waals surface area (Å²) in [5, 5.41) is 2.44. The van der Waals surface area contributed by atoms with Gasteiger partial charge < -0.3 is 19.5 Å². The van der Waals surface area contributed by atoms with E-state index in [-0.39, 0.29) is 26.4 Å². The van der Waals surface area contributed by atoms with E-state index in [1.54, 1.807) is 0 Å². The quantitative estimate of drug-likeness (QED) is 0.449. The number of alkyl carbamates (subject to hydrolysis) is 1. The summed E-state index contributed by atoms with van der Waals surface area (Å²) in [6, 6.07) is 7.58. The summed E-state index contributed by atoms with van der Waals surface area (Å²) >= 11 is 0. The van der Waals surface area contributed by atoms with Crippen molar-refractivity contribution in [3.8, 4) is 5.75 Å². The van der Waals surface area contributed by atoms with Gasteiger partial charge >= 0.3 is 12.1 Å². The van der Waals surface area contributed by atoms with E-state index in [1.165, 1.54) is 0 Å². The second-order valence-electron chi connectivity index (χ2n) is 4.10. The van der Waals surface area contributed by atoms with E-state index < -0.39 is 12.1 Å². The first-order valence-electron chi connectivity index (χ1n) is 6.51. The summed E-state index contributed by atoms with van der Waals surface area (Å²) < 4.78 is 15.0. The van der Waals surface area contributed by atoms with Crippen molar-refractivity contribution in [2.75, 3.05) is 26.4 Å². The maximum atomic E-state index is 11.3. The summed E-state index contributed by atoms with van der Waals surface area (Å²) in [4.78, 5) is 22.0. The molecular formula is C15H19NO5. The zero-order chi connectivity index (χ0) is 15.5. The van der Waals surface area contributed by atoms with Crippen molar-refractivity contribution in [2.24, 2.45) is 0 Å². The monoisotopic (exact) mass is 293 g/mol. The topological polar surface area (TPSA) is 73.9 Å². The zero-order valence-corrected chi connectivity index (χ0v) is 12.0. The van der Waals surface area contributed by atoms with Crippen LogP contribution in [0.5, 0.6) is 5.75 Å². The lowest BCUT2D eigenvalue weighted by Gasteiger charge is -2.08. The van der Waals surface area contributed by atoms with Gasteiger partial charge in [-0.15, -0.1) is 0 Å². The Hall–Kier alpha value is -2.50. The molecule has 0 fully saturated rings. The molecule has 6 heteroatoms. The Kier molecular flexibility index (Phi) is 7.42. The molecule has 0 aromatic heterocycles. The molecule has 0 aliphatic heterocycles. The first-order valence-corrected chi connectivity index (χ1v) is 6.51. The number of carbonyl (C=O) groups is 2. The van der Waals surface area contributed by atoms with Crippen molar-refractivity contribution >= 4 is 12.1 Å². The molecule has 0 aliphatic carbocycles. The van der Waals surface area contributed by atoms with Gasteiger partial charge in [0.25, 0.3) is 0 Å². The maximum Gasteiger partial charge on any atom is 0.407 e. The van der Waals surface area contributed by atoms with Crippen LogP contribution in [0.1, 0.15) is 5.56 Å². The van der Waals surface area contributed by atoms with Crippen LogP contribution in [0.3, 0.4) is 0 Å². The van der Waals surface area contributed by atoms with Gasteiger partial charge in [-0.25, -0.2) is 9.59 Å². The smallest absolute Gasteiger partial charge is 0.407 e. The van der Waals surface area contributed by atoms with E-state index in [0.717, 1.165) is 17.4 Å². The molecule has 1 aromatic rings. The standard InChI is InChI=1S/C15H19NO5/c1-3-14(17)20-9-8-16-15(18)21-11-10-19-13-6-4-12(2)5-7-13/h3-7H,1,8-11H2,2H3,(H,16,18). The number of nitrogens with one attached hydrogen (secondary N) is 1. The minimum Gasteiger partial charge on any atom is -0.490 e. The number of amides is 1. The van der Waals surface area contributed by atoms with E-state index in [2.05, 4.69) is 16.6 Å². The summed E-state index contributed by atoms with van der Waals surface area (Å²) in [5.74, 6) is 0.192. The van der Waals surface area contributed by atoms with Crippen LogP contribution in [0.2, 0.25) is 0 Å². The fourth-order valence-corrected chi connectivity index (χ4v) is 1.34. The highest BCUT2D eigenvalue weighted by Crippen LogP contribution is 2.10. The third-order valence-electron chi connectivity index (χ3n) is 2.39. The first kappa shape index (κ1) is 16.6. The van der Waals surface area contributed by atoms with Gasteiger partial charge in [0, 0.05) is 6.08 Å². The predicted octanol–water partition coefficient (Wildman–Crippen LogP) is 1.83. The Bertz CT molecular complexity index is 469. The second-order valence-corrected chi connectivity index (χ2v) is 4.10. The molecule has 1 amide bonds. The summed E-state index contributed by atoms with van der Waals surface area (Å²) in [6.45, 7) is 5.89. The number of benzene rings is 1. The molecule has 0 aliphatic rings. The van der Waals surface area contributed by atoms with Gasteiger partial charge in [0.05, 0.1) is 6.54 Å². The SMILES string of the molecule is C=CC(=O)OCCNC(=O)OCCOc1ccc(C)cc1. The fraction of sp³-hybridized carbons (Fsp3) is 0.333. The predicted molar refractivity (Wildman–Crippen MR) is 77.2 cm³/mol. The molecule has 1 N–H and O–H groups in total. The van der Waals surface area contributed by atoms with Crippen molar-refractivity contribution < 1.29 is 23.8 Å². The van der Waals surface area contributed by atoms with E-state index >= 15 is 0 Å². The fourth-order valence-electron chi connectivity index (χ4n) is 1.34. The Morgan fingerprint density at radius 3 is 2.52 bits per heavy atom. The highest BCUT2D eigenvalue weighted by atomic mass is 16.6. The molecule has 0 heterocycles. The molecule has 1 aromatic carbocycles. The van der Waals surface area contributed by atoms with E-state index in [1.807, 2.05) is 31.2 Å². The first-order chi connectivity index (χ1) is 10.1. The minimum atomic E-state index is -0.586. The Morgan fingerprint density at radius 2 is 1.86 bits per heavy atom. The number of ether oxygens (including phenoxy) is 3. The average molecular weight is 293 g/mol. The number of hydrogen-bond donors (Lipinski definition) is 1. The van der Waals surface area contributed by atoms with Crippen LogP contribution < -0.4 is 10.1 Å². The molecule has 114 valence electrons. The lowest BCUT2D eigenvalue weighted by atomic mass is 10.2. The second kappa shape index (κ2) is 9.41. The van der Waals surface area contributed by atoms with Crippen LogP contribution in [-0.4, -0.2) is 38.4 Å². The van der Waals surface area contributed by atoms with Gasteiger partial charge in [-0.3, -0.25) is 0 Å². The van der Waals surface area contributed by atoms with E-state index in [9.17, 15) is 9.59 Å². The maximum absolute atomic E-state index is 11.3. The molecule has 0 unspecified atom stereocenters. The van der Waals surface area contributed by atoms with E-state index in [4.69, 9.17) is 9.47 Å². The molecule has 0 bridgehead atoms. The lowest BCUT2D eigenvalue weighted by molar-refractivity contribution is -0.137. The number of carbonyl (C=O) groups excluding carboxylic acids is 2. The number of hydrogen-bond acceptors (Lipinski definition) is 5. The molecule has 1 rings (SSSR count). The third-order valence-corrected chi connectivity index (χ3v) is 2.39. The Morgan fingerprint density at radius 1 is 1.14 bits per heavy atom. The highest BCUT2D eigenvalue weighted by Gasteiger charge is 2.02. The highest BCUT2D eigenvalue weighted by molar-refractivity contribution is 5.81. The molecule has 6 nitrogen and oxygen atoms in total. The van der Waals surface area contributed by atoms with Crippen LogP contribution in [0.4, 0.5) is 4.79 Å². The number of esters is 1. The van der Waals surface area contributed by atoms with Crippen LogP contribution in [0.15, 0.2) is 36.9 Å². The van der Waals surface area contributed by atoms with Crippen molar-refractivity contribution in [3.63, 3.8) is 0 Å². The molecule has 0 saturated carbocycles. The van der Waals surface area contributed by atoms with Gasteiger partial charge in [-0.05, 0) is 19.1 Å².